The normalized spacial score (nSPS) is 11.6. The molecule has 0 saturated heterocycles. The second-order valence-corrected chi connectivity index (χ2v) is 4.39. The van der Waals surface area contributed by atoms with Crippen molar-refractivity contribution in [1.29, 1.82) is 0 Å². The Labute approximate surface area is 118 Å². The molecule has 0 fully saturated rings. The molecule has 6 heteroatoms. The maximum Gasteiger partial charge on any atom is 0.258 e. The van der Waals surface area contributed by atoms with Gasteiger partial charge in [-0.2, -0.15) is 0 Å². The van der Waals surface area contributed by atoms with Crippen LogP contribution in [-0.2, 0) is 4.79 Å². The number of nitrogens with two attached hydrogens (primary N) is 1. The second-order valence-electron chi connectivity index (χ2n) is 4.39. The molecule has 0 spiro atoms. The van der Waals surface area contributed by atoms with Gasteiger partial charge in [0.05, 0.1) is 12.7 Å². The van der Waals surface area contributed by atoms with Gasteiger partial charge < -0.3 is 20.5 Å². The van der Waals surface area contributed by atoms with Gasteiger partial charge in [0.1, 0.15) is 11.5 Å². The van der Waals surface area contributed by atoms with Crippen LogP contribution in [0.5, 0.6) is 11.5 Å². The Hall–Kier alpha value is -2.24. The number of benzene rings is 1. The quantitative estimate of drug-likeness (QED) is 0.782. The molecule has 1 aromatic carbocycles. The lowest BCUT2D eigenvalue weighted by molar-refractivity contribution is -0.123. The molecule has 2 amide bonds. The molecule has 0 radical (unpaired) electrons. The van der Waals surface area contributed by atoms with Crippen molar-refractivity contribution in [3.05, 3.63) is 23.8 Å². The molecule has 0 saturated carbocycles. The van der Waals surface area contributed by atoms with Crippen LogP contribution in [0.1, 0.15) is 30.6 Å². The van der Waals surface area contributed by atoms with Crippen molar-refractivity contribution in [3.8, 4) is 11.5 Å². The van der Waals surface area contributed by atoms with E-state index in [0.717, 1.165) is 6.42 Å². The third-order valence-electron chi connectivity index (χ3n) is 2.83. The number of nitrogens with one attached hydrogen (secondary N) is 1. The molecule has 0 aliphatic heterocycles. The number of amides is 2. The van der Waals surface area contributed by atoms with Gasteiger partial charge in [-0.1, -0.05) is 6.92 Å². The zero-order valence-electron chi connectivity index (χ0n) is 11.9. The molecule has 1 atom stereocenters. The highest BCUT2D eigenvalue weighted by atomic mass is 16.5. The number of methoxy groups -OCH3 is 1. The zero-order chi connectivity index (χ0) is 15.1. The Morgan fingerprint density at radius 2 is 2.10 bits per heavy atom. The summed E-state index contributed by atoms with van der Waals surface area (Å²) in [5, 5.41) is 2.77. The molecule has 6 nitrogen and oxygen atoms in total. The van der Waals surface area contributed by atoms with Gasteiger partial charge in [0.2, 0.25) is 0 Å². The lowest BCUT2D eigenvalue weighted by atomic mass is 10.2. The number of carbonyl (C=O) groups excluding carboxylic acids is 2. The van der Waals surface area contributed by atoms with Crippen LogP contribution < -0.4 is 20.5 Å². The van der Waals surface area contributed by atoms with Gasteiger partial charge in [-0.3, -0.25) is 9.59 Å². The van der Waals surface area contributed by atoms with Crippen molar-refractivity contribution in [1.82, 2.24) is 5.32 Å². The summed E-state index contributed by atoms with van der Waals surface area (Å²) in [6, 6.07) is 4.71. The predicted octanol–water partition coefficient (Wildman–Crippen LogP) is 1.09. The number of hydrogen-bond donors (Lipinski definition) is 2. The van der Waals surface area contributed by atoms with Crippen molar-refractivity contribution in [2.45, 2.75) is 26.3 Å². The third kappa shape index (κ3) is 4.46. The van der Waals surface area contributed by atoms with E-state index in [0.29, 0.717) is 5.75 Å². The summed E-state index contributed by atoms with van der Waals surface area (Å²) in [6.07, 6.45) is 0.831. The fourth-order valence-electron chi connectivity index (χ4n) is 1.51. The first-order valence-electron chi connectivity index (χ1n) is 6.38. The third-order valence-corrected chi connectivity index (χ3v) is 2.83. The maximum atomic E-state index is 11.6. The highest BCUT2D eigenvalue weighted by Gasteiger charge is 2.13. The van der Waals surface area contributed by atoms with E-state index < -0.39 is 5.91 Å². The van der Waals surface area contributed by atoms with Crippen LogP contribution in [0.15, 0.2) is 18.2 Å². The topological polar surface area (TPSA) is 90.7 Å². The fraction of sp³-hybridized carbons (Fsp3) is 0.429. The number of rotatable bonds is 7. The maximum absolute atomic E-state index is 11.6. The van der Waals surface area contributed by atoms with E-state index >= 15 is 0 Å². The molecule has 1 unspecified atom stereocenters. The molecular formula is C14H20N2O4. The summed E-state index contributed by atoms with van der Waals surface area (Å²) in [6.45, 7) is 3.69. The number of primary amides is 1. The Morgan fingerprint density at radius 1 is 1.40 bits per heavy atom. The van der Waals surface area contributed by atoms with E-state index in [1.165, 1.54) is 19.2 Å². The van der Waals surface area contributed by atoms with Crippen molar-refractivity contribution in [2.75, 3.05) is 13.7 Å². The summed E-state index contributed by atoms with van der Waals surface area (Å²) >= 11 is 0. The minimum Gasteiger partial charge on any atom is -0.497 e. The molecular weight excluding hydrogens is 260 g/mol. The second kappa shape index (κ2) is 7.37. The van der Waals surface area contributed by atoms with Crippen molar-refractivity contribution < 1.29 is 19.1 Å². The standard InChI is InChI=1S/C14H20N2O4/c1-4-9(2)16-13(17)8-20-12-7-10(19-3)5-6-11(12)14(15)18/h5-7,9H,4,8H2,1-3H3,(H2,15,18)(H,16,17). The van der Waals surface area contributed by atoms with E-state index in [1.54, 1.807) is 6.07 Å². The molecule has 1 aromatic rings. The van der Waals surface area contributed by atoms with E-state index in [9.17, 15) is 9.59 Å². The van der Waals surface area contributed by atoms with Crippen molar-refractivity contribution in [3.63, 3.8) is 0 Å². The monoisotopic (exact) mass is 280 g/mol. The summed E-state index contributed by atoms with van der Waals surface area (Å²) in [5.41, 5.74) is 5.46. The first-order valence-corrected chi connectivity index (χ1v) is 6.38. The molecule has 20 heavy (non-hydrogen) atoms. The summed E-state index contributed by atoms with van der Waals surface area (Å²) in [5.74, 6) is -0.119. The van der Waals surface area contributed by atoms with E-state index in [4.69, 9.17) is 15.2 Å². The van der Waals surface area contributed by atoms with E-state index in [2.05, 4.69) is 5.32 Å². The molecule has 0 bridgehead atoms. The Kier molecular flexibility index (Phi) is 5.83. The van der Waals surface area contributed by atoms with Gasteiger partial charge in [0, 0.05) is 12.1 Å². The highest BCUT2D eigenvalue weighted by Crippen LogP contribution is 2.24. The summed E-state index contributed by atoms with van der Waals surface area (Å²) < 4.78 is 10.4. The van der Waals surface area contributed by atoms with Gasteiger partial charge in [0.15, 0.2) is 6.61 Å². The van der Waals surface area contributed by atoms with Crippen LogP contribution in [0.3, 0.4) is 0 Å². The van der Waals surface area contributed by atoms with Crippen LogP contribution in [0.2, 0.25) is 0 Å². The molecule has 0 aliphatic carbocycles. The molecule has 110 valence electrons. The smallest absolute Gasteiger partial charge is 0.258 e. The lowest BCUT2D eigenvalue weighted by Gasteiger charge is -2.13. The van der Waals surface area contributed by atoms with Crippen LogP contribution in [-0.4, -0.2) is 31.6 Å². The Bertz CT molecular complexity index is 488. The average molecular weight is 280 g/mol. The SMILES string of the molecule is CCC(C)NC(=O)COc1cc(OC)ccc1C(N)=O. The van der Waals surface area contributed by atoms with Gasteiger partial charge in [-0.05, 0) is 25.5 Å². The Morgan fingerprint density at radius 3 is 2.65 bits per heavy atom. The largest absolute Gasteiger partial charge is 0.497 e. The minimum absolute atomic E-state index is 0.0759. The van der Waals surface area contributed by atoms with Crippen LogP contribution in [0.25, 0.3) is 0 Å². The molecule has 1 rings (SSSR count). The van der Waals surface area contributed by atoms with Crippen LogP contribution in [0, 0.1) is 0 Å². The lowest BCUT2D eigenvalue weighted by Crippen LogP contribution is -2.35. The van der Waals surface area contributed by atoms with Gasteiger partial charge in [-0.15, -0.1) is 0 Å². The zero-order valence-corrected chi connectivity index (χ0v) is 11.9. The molecule has 0 heterocycles. The Balaban J connectivity index is 2.75. The van der Waals surface area contributed by atoms with E-state index in [1.807, 2.05) is 13.8 Å². The van der Waals surface area contributed by atoms with Crippen molar-refractivity contribution >= 4 is 11.8 Å². The van der Waals surface area contributed by atoms with Crippen molar-refractivity contribution in [2.24, 2.45) is 5.73 Å². The summed E-state index contributed by atoms with van der Waals surface area (Å²) in [4.78, 5) is 22.9. The molecule has 3 N–H and O–H groups in total. The van der Waals surface area contributed by atoms with Gasteiger partial charge in [-0.25, -0.2) is 0 Å². The number of carbonyl (C=O) groups is 2. The minimum atomic E-state index is -0.620. The average Bonchev–Trinajstić information content (AvgIpc) is 2.44. The van der Waals surface area contributed by atoms with Gasteiger partial charge in [0.25, 0.3) is 11.8 Å². The van der Waals surface area contributed by atoms with E-state index in [-0.39, 0.29) is 29.9 Å². The molecule has 0 aromatic heterocycles. The van der Waals surface area contributed by atoms with Crippen LogP contribution >= 0.6 is 0 Å². The first-order chi connectivity index (χ1) is 9.47. The number of hydrogen-bond acceptors (Lipinski definition) is 4. The molecule has 0 aliphatic rings. The van der Waals surface area contributed by atoms with Gasteiger partial charge >= 0.3 is 0 Å². The number of ether oxygens (including phenoxy) is 2. The predicted molar refractivity (Wildman–Crippen MR) is 74.9 cm³/mol. The fourth-order valence-corrected chi connectivity index (χ4v) is 1.51. The first kappa shape index (κ1) is 15.8. The van der Waals surface area contributed by atoms with Crippen LogP contribution in [0.4, 0.5) is 0 Å². The summed E-state index contributed by atoms with van der Waals surface area (Å²) in [7, 11) is 1.50. The highest BCUT2D eigenvalue weighted by molar-refractivity contribution is 5.96.